The van der Waals surface area contributed by atoms with Crippen molar-refractivity contribution in [2.75, 3.05) is 4.90 Å². The van der Waals surface area contributed by atoms with Crippen molar-refractivity contribution in [3.05, 3.63) is 29.8 Å². The van der Waals surface area contributed by atoms with Crippen LogP contribution in [0.1, 0.15) is 55.3 Å². The van der Waals surface area contributed by atoms with Gasteiger partial charge in [-0.1, -0.05) is 31.4 Å². The van der Waals surface area contributed by atoms with Gasteiger partial charge in [-0.3, -0.25) is 19.3 Å². The molecular formula is C17H19NO3. The third kappa shape index (κ3) is 2.62. The fourth-order valence-electron chi connectivity index (χ4n) is 3.68. The Morgan fingerprint density at radius 2 is 1.67 bits per heavy atom. The Hall–Kier alpha value is -1.97. The first-order valence-corrected chi connectivity index (χ1v) is 7.55. The van der Waals surface area contributed by atoms with Crippen LogP contribution in [0, 0.1) is 5.41 Å². The number of hydrogen-bond acceptors (Lipinski definition) is 3. The first-order chi connectivity index (χ1) is 10.1. The van der Waals surface area contributed by atoms with Gasteiger partial charge in [0.05, 0.1) is 5.69 Å². The number of carbonyl (C=O) groups is 3. The molecule has 0 N–H and O–H groups in total. The highest BCUT2D eigenvalue weighted by Gasteiger charge is 2.44. The zero-order chi connectivity index (χ0) is 14.9. The summed E-state index contributed by atoms with van der Waals surface area (Å²) in [4.78, 5) is 37.1. The number of nitrogens with zero attached hydrogens (tertiary/aromatic N) is 1. The van der Waals surface area contributed by atoms with Crippen LogP contribution in [0.15, 0.2) is 24.3 Å². The van der Waals surface area contributed by atoms with Crippen LogP contribution < -0.4 is 4.90 Å². The summed E-state index contributed by atoms with van der Waals surface area (Å²) in [5, 5.41) is 0. The second-order valence-corrected chi connectivity index (χ2v) is 6.25. The molecule has 1 aromatic carbocycles. The molecule has 0 aromatic heterocycles. The van der Waals surface area contributed by atoms with Crippen LogP contribution in [0.5, 0.6) is 0 Å². The fraction of sp³-hybridized carbons (Fsp3) is 0.471. The van der Waals surface area contributed by atoms with Crippen molar-refractivity contribution in [2.24, 2.45) is 5.41 Å². The lowest BCUT2D eigenvalue weighted by Gasteiger charge is -2.42. The average molecular weight is 285 g/mol. The molecule has 0 bridgehead atoms. The largest absolute Gasteiger partial charge is 0.298 e. The molecule has 1 saturated carbocycles. The highest BCUT2D eigenvalue weighted by atomic mass is 16.2. The summed E-state index contributed by atoms with van der Waals surface area (Å²) < 4.78 is 0. The van der Waals surface area contributed by atoms with Gasteiger partial charge in [-0.2, -0.15) is 0 Å². The third-order valence-corrected chi connectivity index (χ3v) is 4.73. The number of imide groups is 1. The Morgan fingerprint density at radius 3 is 2.29 bits per heavy atom. The van der Waals surface area contributed by atoms with Gasteiger partial charge in [0.25, 0.3) is 0 Å². The summed E-state index contributed by atoms with van der Waals surface area (Å²) in [7, 11) is 0. The third-order valence-electron chi connectivity index (χ3n) is 4.73. The molecule has 0 atom stereocenters. The number of piperidine rings is 1. The van der Waals surface area contributed by atoms with Crippen LogP contribution in [0.3, 0.4) is 0 Å². The maximum Gasteiger partial charge on any atom is 0.234 e. The molecule has 110 valence electrons. The smallest absolute Gasteiger partial charge is 0.234 e. The number of carbonyl (C=O) groups excluding carboxylic acids is 3. The predicted octanol–water partition coefficient (Wildman–Crippen LogP) is 3.10. The number of benzene rings is 1. The second-order valence-electron chi connectivity index (χ2n) is 6.25. The van der Waals surface area contributed by atoms with Crippen LogP contribution in [0.4, 0.5) is 5.69 Å². The quantitative estimate of drug-likeness (QED) is 0.619. The van der Waals surface area contributed by atoms with Gasteiger partial charge in [-0.15, -0.1) is 0 Å². The summed E-state index contributed by atoms with van der Waals surface area (Å²) >= 11 is 0. The normalized spacial score (nSPS) is 21.6. The molecule has 0 unspecified atom stereocenters. The highest BCUT2D eigenvalue weighted by Crippen LogP contribution is 2.46. The van der Waals surface area contributed by atoms with E-state index in [4.69, 9.17) is 0 Å². The fourth-order valence-corrected chi connectivity index (χ4v) is 3.68. The molecule has 1 aliphatic carbocycles. The van der Waals surface area contributed by atoms with Crippen LogP contribution in [0.25, 0.3) is 0 Å². The Balaban J connectivity index is 1.86. The van der Waals surface area contributed by atoms with E-state index in [1.807, 2.05) is 0 Å². The lowest BCUT2D eigenvalue weighted by atomic mass is 9.67. The van der Waals surface area contributed by atoms with Crippen molar-refractivity contribution in [3.63, 3.8) is 0 Å². The van der Waals surface area contributed by atoms with Gasteiger partial charge in [0, 0.05) is 18.4 Å². The van der Waals surface area contributed by atoms with Crippen LogP contribution in [-0.4, -0.2) is 18.1 Å². The van der Waals surface area contributed by atoms with E-state index in [0.717, 1.165) is 32.0 Å². The lowest BCUT2D eigenvalue weighted by molar-refractivity contribution is -0.134. The number of hydrogen-bond donors (Lipinski definition) is 0. The Kier molecular flexibility index (Phi) is 3.62. The summed E-state index contributed by atoms with van der Waals surface area (Å²) in [6, 6.07) is 6.67. The molecule has 2 fully saturated rings. The van der Waals surface area contributed by atoms with E-state index >= 15 is 0 Å². The minimum absolute atomic E-state index is 0.106. The molecule has 3 rings (SSSR count). The minimum atomic E-state index is -0.129. The van der Waals surface area contributed by atoms with E-state index in [0.29, 0.717) is 24.1 Å². The van der Waals surface area contributed by atoms with Gasteiger partial charge < -0.3 is 0 Å². The van der Waals surface area contributed by atoms with Gasteiger partial charge >= 0.3 is 0 Å². The van der Waals surface area contributed by atoms with Crippen molar-refractivity contribution in [2.45, 2.75) is 44.9 Å². The van der Waals surface area contributed by atoms with Crippen LogP contribution >= 0.6 is 0 Å². The van der Waals surface area contributed by atoms with Crippen molar-refractivity contribution < 1.29 is 14.4 Å². The zero-order valence-electron chi connectivity index (χ0n) is 12.0. The molecule has 1 aliphatic heterocycles. The summed E-state index contributed by atoms with van der Waals surface area (Å²) in [6.07, 6.45) is 7.01. The molecule has 4 heteroatoms. The summed E-state index contributed by atoms with van der Waals surface area (Å²) in [5.41, 5.74) is 0.886. The van der Waals surface area contributed by atoms with Gasteiger partial charge in [-0.25, -0.2) is 0 Å². The average Bonchev–Trinajstić information content (AvgIpc) is 2.47. The van der Waals surface area contributed by atoms with E-state index in [1.54, 1.807) is 24.3 Å². The Morgan fingerprint density at radius 1 is 1.00 bits per heavy atom. The van der Waals surface area contributed by atoms with E-state index in [9.17, 15) is 14.4 Å². The van der Waals surface area contributed by atoms with Gasteiger partial charge in [0.1, 0.15) is 6.29 Å². The minimum Gasteiger partial charge on any atom is -0.298 e. The van der Waals surface area contributed by atoms with Crippen LogP contribution in [0.2, 0.25) is 0 Å². The maximum absolute atomic E-state index is 12.5. The van der Waals surface area contributed by atoms with E-state index in [2.05, 4.69) is 0 Å². The Bertz CT molecular complexity index is 567. The van der Waals surface area contributed by atoms with Gasteiger partial charge in [0.15, 0.2) is 0 Å². The van der Waals surface area contributed by atoms with Crippen LogP contribution in [-0.2, 0) is 9.59 Å². The molecule has 2 aliphatic rings. The number of aldehydes is 1. The molecule has 4 nitrogen and oxygen atoms in total. The summed E-state index contributed by atoms with van der Waals surface area (Å²) in [6.45, 7) is 0. The maximum atomic E-state index is 12.5. The van der Waals surface area contributed by atoms with Crippen molar-refractivity contribution >= 4 is 23.8 Å². The molecule has 1 aromatic rings. The molecule has 0 radical (unpaired) electrons. The highest BCUT2D eigenvalue weighted by molar-refractivity contribution is 6.17. The second kappa shape index (κ2) is 5.43. The lowest BCUT2D eigenvalue weighted by Crippen LogP contribution is -2.48. The molecule has 21 heavy (non-hydrogen) atoms. The topological polar surface area (TPSA) is 54.5 Å². The van der Waals surface area contributed by atoms with Crippen molar-refractivity contribution in [1.82, 2.24) is 0 Å². The molecule has 1 spiro atoms. The first-order valence-electron chi connectivity index (χ1n) is 7.55. The first kappa shape index (κ1) is 14.0. The SMILES string of the molecule is O=Cc1cccc(N2C(=O)CC3(CCCCC3)CC2=O)c1. The van der Waals surface area contributed by atoms with E-state index in [1.165, 1.54) is 11.3 Å². The number of anilines is 1. The van der Waals surface area contributed by atoms with Gasteiger partial charge in [-0.05, 0) is 30.4 Å². The monoisotopic (exact) mass is 285 g/mol. The Labute approximate surface area is 124 Å². The standard InChI is InChI=1S/C17H19NO3/c19-12-13-5-4-6-14(9-13)18-15(20)10-17(11-16(18)21)7-2-1-3-8-17/h4-6,9,12H,1-3,7-8,10-11H2. The van der Waals surface area contributed by atoms with E-state index < -0.39 is 0 Å². The number of amides is 2. The predicted molar refractivity (Wildman–Crippen MR) is 79.1 cm³/mol. The summed E-state index contributed by atoms with van der Waals surface area (Å²) in [5.74, 6) is -0.257. The molecule has 1 saturated heterocycles. The molecule has 1 heterocycles. The molecular weight excluding hydrogens is 266 g/mol. The zero-order valence-corrected chi connectivity index (χ0v) is 12.0. The van der Waals surface area contributed by atoms with Crippen molar-refractivity contribution in [3.8, 4) is 0 Å². The van der Waals surface area contributed by atoms with E-state index in [-0.39, 0.29) is 17.2 Å². The molecule has 2 amide bonds. The van der Waals surface area contributed by atoms with Crippen molar-refractivity contribution in [1.29, 1.82) is 0 Å². The number of rotatable bonds is 2. The van der Waals surface area contributed by atoms with Gasteiger partial charge in [0.2, 0.25) is 11.8 Å².